The third-order valence-corrected chi connectivity index (χ3v) is 4.49. The number of halogens is 2. The standard InChI is InChI=1S/C10H9BrFN3S2/c1-2-9-14-10(17-15-9)16-8-3-5(11)6(12)4-7(8)13/h3-4H,2,13H2,1H3. The largest absolute Gasteiger partial charge is 0.398 e. The minimum atomic E-state index is -0.363. The zero-order valence-electron chi connectivity index (χ0n) is 8.91. The van der Waals surface area contributed by atoms with Gasteiger partial charge < -0.3 is 5.73 Å². The van der Waals surface area contributed by atoms with Crippen LogP contribution in [0.4, 0.5) is 10.1 Å². The van der Waals surface area contributed by atoms with Gasteiger partial charge in [-0.25, -0.2) is 9.37 Å². The summed E-state index contributed by atoms with van der Waals surface area (Å²) in [5, 5.41) is 0. The Morgan fingerprint density at radius 2 is 2.29 bits per heavy atom. The number of benzene rings is 1. The summed E-state index contributed by atoms with van der Waals surface area (Å²) < 4.78 is 18.6. The highest BCUT2D eigenvalue weighted by Crippen LogP contribution is 2.35. The van der Waals surface area contributed by atoms with Crippen molar-refractivity contribution >= 4 is 44.9 Å². The Morgan fingerprint density at radius 1 is 1.53 bits per heavy atom. The smallest absolute Gasteiger partial charge is 0.174 e. The molecule has 0 radical (unpaired) electrons. The molecule has 1 aromatic carbocycles. The van der Waals surface area contributed by atoms with Gasteiger partial charge in [-0.1, -0.05) is 18.7 Å². The van der Waals surface area contributed by atoms with E-state index in [-0.39, 0.29) is 5.82 Å². The molecule has 0 atom stereocenters. The van der Waals surface area contributed by atoms with Gasteiger partial charge in [0.05, 0.1) is 4.47 Å². The van der Waals surface area contributed by atoms with Crippen LogP contribution in [0.1, 0.15) is 12.7 Å². The molecule has 0 fully saturated rings. The third kappa shape index (κ3) is 2.97. The van der Waals surface area contributed by atoms with Crippen molar-refractivity contribution in [1.29, 1.82) is 0 Å². The number of hydrogen-bond acceptors (Lipinski definition) is 5. The molecule has 1 heterocycles. The highest BCUT2D eigenvalue weighted by Gasteiger charge is 2.10. The minimum absolute atomic E-state index is 0.363. The first-order valence-corrected chi connectivity index (χ1v) is 7.23. The van der Waals surface area contributed by atoms with Gasteiger partial charge in [-0.15, -0.1) is 0 Å². The molecule has 1 aromatic heterocycles. The number of anilines is 1. The van der Waals surface area contributed by atoms with Crippen LogP contribution < -0.4 is 5.73 Å². The SMILES string of the molecule is CCc1nsc(Sc2cc(Br)c(F)cc2N)n1. The van der Waals surface area contributed by atoms with Crippen molar-refractivity contribution in [2.24, 2.45) is 0 Å². The lowest BCUT2D eigenvalue weighted by Crippen LogP contribution is -1.91. The van der Waals surface area contributed by atoms with Crippen LogP contribution in [-0.2, 0) is 6.42 Å². The number of nitrogen functional groups attached to an aromatic ring is 1. The fraction of sp³-hybridized carbons (Fsp3) is 0.200. The van der Waals surface area contributed by atoms with E-state index in [4.69, 9.17) is 5.73 Å². The van der Waals surface area contributed by atoms with Crippen molar-refractivity contribution in [3.63, 3.8) is 0 Å². The molecule has 3 nitrogen and oxygen atoms in total. The highest BCUT2D eigenvalue weighted by atomic mass is 79.9. The van der Waals surface area contributed by atoms with Gasteiger partial charge in [0.15, 0.2) is 4.34 Å². The summed E-state index contributed by atoms with van der Waals surface area (Å²) in [5.41, 5.74) is 6.16. The minimum Gasteiger partial charge on any atom is -0.398 e. The Hall–Kier alpha value is -0.660. The quantitative estimate of drug-likeness (QED) is 0.869. The lowest BCUT2D eigenvalue weighted by atomic mass is 10.3. The molecular formula is C10H9BrFN3S2. The van der Waals surface area contributed by atoms with E-state index in [1.807, 2.05) is 6.92 Å². The molecule has 0 aliphatic heterocycles. The Morgan fingerprint density at radius 3 is 2.94 bits per heavy atom. The van der Waals surface area contributed by atoms with E-state index in [0.29, 0.717) is 10.2 Å². The van der Waals surface area contributed by atoms with Crippen LogP contribution in [0.15, 0.2) is 25.8 Å². The maximum Gasteiger partial charge on any atom is 0.174 e. The number of nitrogens with zero attached hydrogens (tertiary/aromatic N) is 2. The van der Waals surface area contributed by atoms with E-state index in [1.54, 1.807) is 6.07 Å². The molecule has 0 unspecified atom stereocenters. The number of nitrogens with two attached hydrogens (primary N) is 1. The van der Waals surface area contributed by atoms with Crippen molar-refractivity contribution in [3.05, 3.63) is 28.2 Å². The van der Waals surface area contributed by atoms with Gasteiger partial charge in [0.25, 0.3) is 0 Å². The van der Waals surface area contributed by atoms with Crippen molar-refractivity contribution in [1.82, 2.24) is 9.36 Å². The number of rotatable bonds is 3. The summed E-state index contributed by atoms with van der Waals surface area (Å²) in [5.74, 6) is 0.454. The van der Waals surface area contributed by atoms with Crippen LogP contribution in [0.25, 0.3) is 0 Å². The van der Waals surface area contributed by atoms with Gasteiger partial charge in [-0.3, -0.25) is 0 Å². The normalized spacial score (nSPS) is 10.8. The summed E-state index contributed by atoms with van der Waals surface area (Å²) in [6, 6.07) is 2.95. The zero-order valence-corrected chi connectivity index (χ0v) is 12.1. The fourth-order valence-electron chi connectivity index (χ4n) is 1.15. The van der Waals surface area contributed by atoms with E-state index >= 15 is 0 Å². The van der Waals surface area contributed by atoms with E-state index in [1.165, 1.54) is 29.4 Å². The molecule has 0 saturated heterocycles. The maximum absolute atomic E-state index is 13.2. The Kier molecular flexibility index (Phi) is 4.01. The molecule has 0 aliphatic carbocycles. The zero-order chi connectivity index (χ0) is 12.4. The topological polar surface area (TPSA) is 51.8 Å². The third-order valence-electron chi connectivity index (χ3n) is 2.02. The molecule has 2 N–H and O–H groups in total. The van der Waals surface area contributed by atoms with Crippen LogP contribution in [0.5, 0.6) is 0 Å². The van der Waals surface area contributed by atoms with Gasteiger partial charge in [0.1, 0.15) is 11.6 Å². The monoisotopic (exact) mass is 333 g/mol. The van der Waals surface area contributed by atoms with Gasteiger partial charge in [-0.05, 0) is 39.6 Å². The number of hydrogen-bond donors (Lipinski definition) is 1. The predicted molar refractivity (Wildman–Crippen MR) is 71.9 cm³/mol. The first-order valence-electron chi connectivity index (χ1n) is 4.85. The van der Waals surface area contributed by atoms with E-state index < -0.39 is 0 Å². The van der Waals surface area contributed by atoms with Crippen LogP contribution in [-0.4, -0.2) is 9.36 Å². The van der Waals surface area contributed by atoms with E-state index in [2.05, 4.69) is 25.3 Å². The molecule has 90 valence electrons. The first-order chi connectivity index (χ1) is 8.10. The molecule has 0 spiro atoms. The molecule has 0 saturated carbocycles. The lowest BCUT2D eigenvalue weighted by Gasteiger charge is -2.04. The molecule has 0 aliphatic rings. The molecule has 2 aromatic rings. The second-order valence-corrected chi connectivity index (χ2v) is 6.13. The maximum atomic E-state index is 13.2. The van der Waals surface area contributed by atoms with Crippen molar-refractivity contribution in [2.75, 3.05) is 5.73 Å². The van der Waals surface area contributed by atoms with Gasteiger partial charge in [0, 0.05) is 17.0 Å². The van der Waals surface area contributed by atoms with Crippen molar-refractivity contribution in [2.45, 2.75) is 22.6 Å². The second-order valence-electron chi connectivity index (χ2n) is 3.24. The van der Waals surface area contributed by atoms with E-state index in [0.717, 1.165) is 21.5 Å². The van der Waals surface area contributed by atoms with Crippen molar-refractivity contribution in [3.8, 4) is 0 Å². The summed E-state index contributed by atoms with van der Waals surface area (Å²) >= 11 is 5.86. The Labute approximate surface area is 115 Å². The summed E-state index contributed by atoms with van der Waals surface area (Å²) in [4.78, 5) is 5.10. The number of aromatic nitrogens is 2. The van der Waals surface area contributed by atoms with Gasteiger partial charge in [-0.2, -0.15) is 4.37 Å². The van der Waals surface area contributed by atoms with Gasteiger partial charge in [0.2, 0.25) is 0 Å². The summed E-state index contributed by atoms with van der Waals surface area (Å²) in [6.45, 7) is 2.00. The average Bonchev–Trinajstić information content (AvgIpc) is 2.73. The Balaban J connectivity index is 2.26. The molecule has 0 amide bonds. The summed E-state index contributed by atoms with van der Waals surface area (Å²) in [6.07, 6.45) is 0.805. The predicted octanol–water partition coefficient (Wildman–Crippen LogP) is 3.74. The van der Waals surface area contributed by atoms with E-state index in [9.17, 15) is 4.39 Å². The molecular weight excluding hydrogens is 325 g/mol. The lowest BCUT2D eigenvalue weighted by molar-refractivity contribution is 0.620. The second kappa shape index (κ2) is 5.32. The summed E-state index contributed by atoms with van der Waals surface area (Å²) in [7, 11) is 0. The Bertz CT molecular complexity index is 544. The first kappa shape index (κ1) is 12.8. The average molecular weight is 334 g/mol. The van der Waals surface area contributed by atoms with Gasteiger partial charge >= 0.3 is 0 Å². The number of aryl methyl sites for hydroxylation is 1. The van der Waals surface area contributed by atoms with Crippen LogP contribution in [0.3, 0.4) is 0 Å². The fourth-order valence-corrected chi connectivity index (χ4v) is 3.37. The van der Waals surface area contributed by atoms with Crippen LogP contribution >= 0.6 is 39.2 Å². The molecule has 0 bridgehead atoms. The van der Waals surface area contributed by atoms with Crippen LogP contribution in [0.2, 0.25) is 0 Å². The highest BCUT2D eigenvalue weighted by molar-refractivity contribution is 9.10. The molecule has 7 heteroatoms. The van der Waals surface area contributed by atoms with Crippen molar-refractivity contribution < 1.29 is 4.39 Å². The van der Waals surface area contributed by atoms with Crippen LogP contribution in [0, 0.1) is 5.82 Å². The molecule has 17 heavy (non-hydrogen) atoms. The molecule has 2 rings (SSSR count).